The largest absolute Gasteiger partial charge is 0.276 e. The second-order valence-electron chi connectivity index (χ2n) is 3.59. The van der Waals surface area contributed by atoms with Gasteiger partial charge in [-0.15, -0.1) is 16.2 Å². The molecule has 1 heterocycles. The lowest BCUT2D eigenvalue weighted by atomic mass is 10.4. The van der Waals surface area contributed by atoms with Crippen LogP contribution in [0, 0.1) is 0 Å². The third-order valence-corrected chi connectivity index (χ3v) is 5.59. The van der Waals surface area contributed by atoms with Gasteiger partial charge in [-0.1, -0.05) is 23.7 Å². The van der Waals surface area contributed by atoms with E-state index in [0.717, 1.165) is 3.79 Å². The van der Waals surface area contributed by atoms with E-state index in [4.69, 9.17) is 11.6 Å². The molecule has 0 atom stereocenters. The highest BCUT2D eigenvalue weighted by molar-refractivity contribution is 9.11. The molecule has 1 aromatic heterocycles. The summed E-state index contributed by atoms with van der Waals surface area (Å²) in [6.45, 7) is 0. The van der Waals surface area contributed by atoms with Crippen molar-refractivity contribution < 1.29 is 13.2 Å². The van der Waals surface area contributed by atoms with Crippen molar-refractivity contribution in [3.63, 3.8) is 0 Å². The average Bonchev–Trinajstić information content (AvgIpc) is 2.83. The highest BCUT2D eigenvalue weighted by Gasteiger charge is 2.18. The minimum atomic E-state index is -3.91. The fourth-order valence-corrected chi connectivity index (χ4v) is 3.97. The molecule has 2 rings (SSSR count). The minimum Gasteiger partial charge on any atom is -0.273 e. The number of benzene rings is 1. The second kappa shape index (κ2) is 6.23. The smallest absolute Gasteiger partial charge is 0.273 e. The van der Waals surface area contributed by atoms with Gasteiger partial charge in [-0.3, -0.25) is 10.2 Å². The Morgan fingerprint density at radius 1 is 1.20 bits per heavy atom. The van der Waals surface area contributed by atoms with Gasteiger partial charge in [0.1, 0.15) is 4.90 Å². The average molecular weight is 396 g/mol. The molecule has 1 amide bonds. The van der Waals surface area contributed by atoms with Gasteiger partial charge < -0.3 is 0 Å². The molecule has 1 aromatic carbocycles. The molecule has 0 bridgehead atoms. The molecule has 0 radical (unpaired) electrons. The first-order valence-corrected chi connectivity index (χ1v) is 8.69. The van der Waals surface area contributed by atoms with E-state index in [0.29, 0.717) is 4.88 Å². The van der Waals surface area contributed by atoms with E-state index in [9.17, 15) is 13.2 Å². The number of halogens is 2. The maximum Gasteiger partial charge on any atom is 0.276 e. The predicted molar refractivity (Wildman–Crippen MR) is 81.3 cm³/mol. The number of amides is 1. The van der Waals surface area contributed by atoms with E-state index < -0.39 is 15.9 Å². The molecule has 0 aliphatic carbocycles. The maximum absolute atomic E-state index is 12.0. The zero-order valence-corrected chi connectivity index (χ0v) is 13.7. The van der Waals surface area contributed by atoms with Crippen molar-refractivity contribution in [2.45, 2.75) is 4.90 Å². The van der Waals surface area contributed by atoms with E-state index in [-0.39, 0.29) is 9.92 Å². The van der Waals surface area contributed by atoms with E-state index >= 15 is 0 Å². The number of hydrazine groups is 1. The summed E-state index contributed by atoms with van der Waals surface area (Å²) in [5.74, 6) is -0.545. The van der Waals surface area contributed by atoms with Crippen LogP contribution in [0.4, 0.5) is 0 Å². The SMILES string of the molecule is O=C(NNS(=O)(=O)c1ccccc1Cl)c1ccc(Br)s1. The van der Waals surface area contributed by atoms with Crippen LogP contribution < -0.4 is 10.3 Å². The number of rotatable bonds is 4. The first-order valence-electron chi connectivity index (χ1n) is 5.22. The van der Waals surface area contributed by atoms with Crippen molar-refractivity contribution in [1.82, 2.24) is 10.3 Å². The van der Waals surface area contributed by atoms with Crippen LogP contribution >= 0.6 is 38.9 Å². The third-order valence-electron chi connectivity index (χ3n) is 2.22. The monoisotopic (exact) mass is 394 g/mol. The van der Waals surface area contributed by atoms with Gasteiger partial charge in [0.15, 0.2) is 0 Å². The van der Waals surface area contributed by atoms with Crippen LogP contribution in [0.3, 0.4) is 0 Å². The number of sulfonamides is 1. The summed E-state index contributed by atoms with van der Waals surface area (Å²) in [4.78, 5) is 14.0. The molecule has 0 spiro atoms. The van der Waals surface area contributed by atoms with Gasteiger partial charge in [-0.25, -0.2) is 8.42 Å². The molecule has 0 fully saturated rings. The lowest BCUT2D eigenvalue weighted by molar-refractivity contribution is 0.0949. The number of thiophene rings is 1. The van der Waals surface area contributed by atoms with Crippen molar-refractivity contribution >= 4 is 54.8 Å². The number of nitrogens with one attached hydrogen (secondary N) is 2. The number of hydrogen-bond donors (Lipinski definition) is 2. The van der Waals surface area contributed by atoms with Crippen LogP contribution in [0.25, 0.3) is 0 Å². The zero-order valence-electron chi connectivity index (χ0n) is 9.76. The van der Waals surface area contributed by atoms with Crippen molar-refractivity contribution in [2.75, 3.05) is 0 Å². The van der Waals surface area contributed by atoms with E-state index in [1.807, 2.05) is 4.83 Å². The van der Waals surface area contributed by atoms with Gasteiger partial charge in [-0.05, 0) is 40.2 Å². The highest BCUT2D eigenvalue weighted by Crippen LogP contribution is 2.22. The van der Waals surface area contributed by atoms with Crippen LogP contribution in [0.2, 0.25) is 5.02 Å². The number of carbonyl (C=O) groups is 1. The van der Waals surface area contributed by atoms with Gasteiger partial charge in [0, 0.05) is 0 Å². The van der Waals surface area contributed by atoms with Gasteiger partial charge in [-0.2, -0.15) is 0 Å². The Labute approximate surface area is 133 Å². The highest BCUT2D eigenvalue weighted by atomic mass is 79.9. The fourth-order valence-electron chi connectivity index (χ4n) is 1.33. The van der Waals surface area contributed by atoms with Crippen LogP contribution in [0.15, 0.2) is 45.1 Å². The Balaban J connectivity index is 2.10. The molecule has 9 heteroatoms. The number of hydrogen-bond acceptors (Lipinski definition) is 4. The summed E-state index contributed by atoms with van der Waals surface area (Å²) in [5.41, 5.74) is 2.13. The first-order chi connectivity index (χ1) is 9.40. The van der Waals surface area contributed by atoms with Crippen LogP contribution in [0.1, 0.15) is 9.67 Å². The molecule has 0 saturated heterocycles. The number of carbonyl (C=O) groups excluding carboxylic acids is 1. The lowest BCUT2D eigenvalue weighted by Gasteiger charge is -2.08. The van der Waals surface area contributed by atoms with Crippen molar-refractivity contribution in [2.24, 2.45) is 0 Å². The molecule has 106 valence electrons. The fraction of sp³-hybridized carbons (Fsp3) is 0. The Morgan fingerprint density at radius 3 is 2.50 bits per heavy atom. The van der Waals surface area contributed by atoms with E-state index in [1.165, 1.54) is 23.5 Å². The quantitative estimate of drug-likeness (QED) is 0.782. The summed E-state index contributed by atoms with van der Waals surface area (Å²) < 4.78 is 24.7. The van der Waals surface area contributed by atoms with Gasteiger partial charge in [0.25, 0.3) is 15.9 Å². The second-order valence-corrected chi connectivity index (χ2v) is 8.11. The van der Waals surface area contributed by atoms with Gasteiger partial charge >= 0.3 is 0 Å². The molecule has 0 aliphatic heterocycles. The van der Waals surface area contributed by atoms with Crippen molar-refractivity contribution in [3.05, 3.63) is 50.1 Å². The normalized spacial score (nSPS) is 11.3. The molecule has 2 aromatic rings. The summed E-state index contributed by atoms with van der Waals surface area (Å²) in [7, 11) is -3.91. The molecule has 0 unspecified atom stereocenters. The van der Waals surface area contributed by atoms with Crippen LogP contribution in [-0.4, -0.2) is 14.3 Å². The molecular formula is C11H8BrClN2O3S2. The summed E-state index contributed by atoms with van der Waals surface area (Å²) in [6.07, 6.45) is 0. The van der Waals surface area contributed by atoms with Gasteiger partial charge in [0.2, 0.25) is 0 Å². The van der Waals surface area contributed by atoms with E-state index in [1.54, 1.807) is 24.3 Å². The Bertz CT molecular complexity index is 746. The predicted octanol–water partition coefficient (Wildman–Crippen LogP) is 2.79. The van der Waals surface area contributed by atoms with E-state index in [2.05, 4.69) is 21.4 Å². The zero-order chi connectivity index (χ0) is 14.8. The van der Waals surface area contributed by atoms with Crippen LogP contribution in [0.5, 0.6) is 0 Å². The Morgan fingerprint density at radius 2 is 1.90 bits per heavy atom. The molecule has 20 heavy (non-hydrogen) atoms. The minimum absolute atomic E-state index is 0.0770. The molecule has 2 N–H and O–H groups in total. The Hall–Kier alpha value is -0.930. The van der Waals surface area contributed by atoms with Crippen LogP contribution in [-0.2, 0) is 10.0 Å². The molecule has 0 saturated carbocycles. The third kappa shape index (κ3) is 3.58. The molecule has 5 nitrogen and oxygen atoms in total. The van der Waals surface area contributed by atoms with Crippen molar-refractivity contribution in [1.29, 1.82) is 0 Å². The first kappa shape index (κ1) is 15.5. The topological polar surface area (TPSA) is 75.3 Å². The Kier molecular flexibility index (Phi) is 4.82. The molecular weight excluding hydrogens is 388 g/mol. The maximum atomic E-state index is 12.0. The van der Waals surface area contributed by atoms with Crippen molar-refractivity contribution in [3.8, 4) is 0 Å². The summed E-state index contributed by atoms with van der Waals surface area (Å²) in [6, 6.07) is 9.23. The summed E-state index contributed by atoms with van der Waals surface area (Å²) >= 11 is 10.2. The lowest BCUT2D eigenvalue weighted by Crippen LogP contribution is -2.41. The molecule has 0 aliphatic rings. The van der Waals surface area contributed by atoms with Gasteiger partial charge in [0.05, 0.1) is 13.7 Å². The summed E-state index contributed by atoms with van der Waals surface area (Å²) in [5, 5.41) is 0.0770. The standard InChI is InChI=1S/C11H8BrClN2O3S2/c12-10-6-5-8(19-10)11(16)14-15-20(17,18)9-4-2-1-3-7(9)13/h1-6,15H,(H,14,16).